The Morgan fingerprint density at radius 3 is 2.73 bits per heavy atom. The molecule has 0 bridgehead atoms. The summed E-state index contributed by atoms with van der Waals surface area (Å²) in [6.07, 6.45) is 0.0810. The molecule has 0 radical (unpaired) electrons. The molecule has 108 valence electrons. The number of aryl methyl sites for hydroxylation is 1. The molecular formula is C17H13N3O2. The number of nitrogens with zero attached hydrogens (tertiary/aromatic N) is 2. The van der Waals surface area contributed by atoms with Crippen molar-refractivity contribution in [1.29, 1.82) is 5.26 Å². The fraction of sp³-hybridized carbons (Fsp3) is 0.118. The van der Waals surface area contributed by atoms with Crippen molar-refractivity contribution in [1.82, 2.24) is 0 Å². The maximum Gasteiger partial charge on any atom is 0.295 e. The highest BCUT2D eigenvalue weighted by atomic mass is 16.5. The lowest BCUT2D eigenvalue weighted by Crippen LogP contribution is -2.23. The molecular weight excluding hydrogens is 278 g/mol. The van der Waals surface area contributed by atoms with E-state index in [0.717, 1.165) is 28.8 Å². The Hall–Kier alpha value is -3.13. The quantitative estimate of drug-likeness (QED) is 0.862. The fourth-order valence-corrected chi connectivity index (χ4v) is 2.22. The van der Waals surface area contributed by atoms with Crippen LogP contribution in [0.15, 0.2) is 47.5 Å². The van der Waals surface area contributed by atoms with Gasteiger partial charge in [-0.1, -0.05) is 12.1 Å². The SMILES string of the molecule is Cc1ccc2c(c1)N=C(Nc1ccc(C#N)cc1)OC2C=O. The summed E-state index contributed by atoms with van der Waals surface area (Å²) in [5, 5.41) is 11.8. The van der Waals surface area contributed by atoms with Gasteiger partial charge in [0.25, 0.3) is 6.02 Å². The molecule has 22 heavy (non-hydrogen) atoms. The molecule has 0 fully saturated rings. The summed E-state index contributed by atoms with van der Waals surface area (Å²) >= 11 is 0. The minimum atomic E-state index is -0.672. The number of amidine groups is 1. The number of carbonyl (C=O) groups excluding carboxylic acids is 1. The third-order valence-corrected chi connectivity index (χ3v) is 3.34. The molecule has 0 aliphatic carbocycles. The van der Waals surface area contributed by atoms with E-state index in [9.17, 15) is 4.79 Å². The van der Waals surface area contributed by atoms with E-state index in [-0.39, 0.29) is 6.02 Å². The van der Waals surface area contributed by atoms with Gasteiger partial charge in [0.15, 0.2) is 12.4 Å². The number of anilines is 1. The van der Waals surface area contributed by atoms with Gasteiger partial charge < -0.3 is 10.1 Å². The van der Waals surface area contributed by atoms with E-state index in [4.69, 9.17) is 10.00 Å². The number of rotatable bonds is 2. The Kier molecular flexibility index (Phi) is 3.58. The average Bonchev–Trinajstić information content (AvgIpc) is 2.54. The maximum atomic E-state index is 11.2. The van der Waals surface area contributed by atoms with E-state index in [1.807, 2.05) is 25.1 Å². The number of hydrogen-bond acceptors (Lipinski definition) is 5. The standard InChI is InChI=1S/C17H13N3O2/c1-11-2-7-14-15(8-11)20-17(22-16(14)10-21)19-13-5-3-12(9-18)4-6-13/h2-8,10,16H,1H3,(H,19,20). The third kappa shape index (κ3) is 2.67. The van der Waals surface area contributed by atoms with Gasteiger partial charge in [0.1, 0.15) is 0 Å². The Balaban J connectivity index is 1.90. The molecule has 0 aromatic heterocycles. The molecule has 5 heteroatoms. The van der Waals surface area contributed by atoms with Gasteiger partial charge in [-0.15, -0.1) is 0 Å². The minimum absolute atomic E-state index is 0.264. The van der Waals surface area contributed by atoms with Gasteiger partial charge in [-0.25, -0.2) is 0 Å². The third-order valence-electron chi connectivity index (χ3n) is 3.34. The Labute approximate surface area is 127 Å². The highest BCUT2D eigenvalue weighted by Gasteiger charge is 2.23. The Morgan fingerprint density at radius 1 is 1.27 bits per heavy atom. The van der Waals surface area contributed by atoms with Crippen molar-refractivity contribution in [3.8, 4) is 6.07 Å². The van der Waals surface area contributed by atoms with Crippen LogP contribution in [0.3, 0.4) is 0 Å². The van der Waals surface area contributed by atoms with Crippen LogP contribution in [0.1, 0.15) is 22.8 Å². The van der Waals surface area contributed by atoms with E-state index < -0.39 is 6.10 Å². The monoisotopic (exact) mass is 291 g/mol. The van der Waals surface area contributed by atoms with Crippen LogP contribution < -0.4 is 5.32 Å². The summed E-state index contributed by atoms with van der Waals surface area (Å²) in [6, 6.07) is 14.9. The van der Waals surface area contributed by atoms with Crippen molar-refractivity contribution in [3.63, 3.8) is 0 Å². The van der Waals surface area contributed by atoms with E-state index in [0.29, 0.717) is 5.56 Å². The van der Waals surface area contributed by atoms with Crippen LogP contribution in [0.4, 0.5) is 11.4 Å². The van der Waals surface area contributed by atoms with Crippen molar-refractivity contribution in [3.05, 3.63) is 59.2 Å². The molecule has 3 rings (SSSR count). The average molecular weight is 291 g/mol. The van der Waals surface area contributed by atoms with Crippen LogP contribution in [0.2, 0.25) is 0 Å². The zero-order chi connectivity index (χ0) is 15.5. The van der Waals surface area contributed by atoms with Crippen molar-refractivity contribution >= 4 is 23.7 Å². The minimum Gasteiger partial charge on any atom is -0.449 e. The predicted molar refractivity (Wildman–Crippen MR) is 82.9 cm³/mol. The van der Waals surface area contributed by atoms with Gasteiger partial charge in [0, 0.05) is 11.3 Å². The first-order valence-electron chi connectivity index (χ1n) is 6.78. The second-order valence-corrected chi connectivity index (χ2v) is 4.97. The lowest BCUT2D eigenvalue weighted by molar-refractivity contribution is -0.114. The number of nitrogens with one attached hydrogen (secondary N) is 1. The van der Waals surface area contributed by atoms with Gasteiger partial charge in [-0.3, -0.25) is 4.79 Å². The number of aldehydes is 1. The lowest BCUT2D eigenvalue weighted by Gasteiger charge is -2.23. The molecule has 1 N–H and O–H groups in total. The van der Waals surface area contributed by atoms with Gasteiger partial charge in [-0.05, 0) is 42.8 Å². The number of hydrogen-bond donors (Lipinski definition) is 1. The molecule has 5 nitrogen and oxygen atoms in total. The van der Waals surface area contributed by atoms with Crippen molar-refractivity contribution in [2.75, 3.05) is 5.32 Å². The molecule has 0 spiro atoms. The second kappa shape index (κ2) is 5.70. The number of nitriles is 1. The van der Waals surface area contributed by atoms with Gasteiger partial charge in [0.2, 0.25) is 0 Å². The van der Waals surface area contributed by atoms with E-state index in [2.05, 4.69) is 16.4 Å². The first-order valence-corrected chi connectivity index (χ1v) is 6.78. The van der Waals surface area contributed by atoms with Crippen LogP contribution >= 0.6 is 0 Å². The zero-order valence-corrected chi connectivity index (χ0v) is 11.9. The molecule has 2 aromatic carbocycles. The second-order valence-electron chi connectivity index (χ2n) is 4.97. The molecule has 0 saturated carbocycles. The van der Waals surface area contributed by atoms with Crippen LogP contribution in [0.25, 0.3) is 0 Å². The normalized spacial score (nSPS) is 15.8. The number of ether oxygens (including phenoxy) is 1. The molecule has 0 amide bonds. The predicted octanol–water partition coefficient (Wildman–Crippen LogP) is 3.24. The van der Waals surface area contributed by atoms with Crippen LogP contribution in [0, 0.1) is 18.3 Å². The zero-order valence-electron chi connectivity index (χ0n) is 11.9. The Bertz CT molecular complexity index is 789. The maximum absolute atomic E-state index is 11.2. The molecule has 1 heterocycles. The molecule has 1 unspecified atom stereocenters. The summed E-state index contributed by atoms with van der Waals surface area (Å²) < 4.78 is 5.57. The number of benzene rings is 2. The van der Waals surface area contributed by atoms with E-state index in [1.54, 1.807) is 24.3 Å². The topological polar surface area (TPSA) is 74.5 Å². The summed E-state index contributed by atoms with van der Waals surface area (Å²) in [6.45, 7) is 1.97. The van der Waals surface area contributed by atoms with Crippen molar-refractivity contribution < 1.29 is 9.53 Å². The van der Waals surface area contributed by atoms with Crippen molar-refractivity contribution in [2.24, 2.45) is 4.99 Å². The lowest BCUT2D eigenvalue weighted by atomic mass is 10.0. The van der Waals surface area contributed by atoms with E-state index in [1.165, 1.54) is 0 Å². The Morgan fingerprint density at radius 2 is 2.05 bits per heavy atom. The molecule has 1 aliphatic heterocycles. The highest BCUT2D eigenvalue weighted by Crippen LogP contribution is 2.32. The summed E-state index contributed by atoms with van der Waals surface area (Å²) in [5.74, 6) is 0. The molecule has 1 aliphatic rings. The molecule has 0 saturated heterocycles. The largest absolute Gasteiger partial charge is 0.449 e. The number of carbonyl (C=O) groups is 1. The van der Waals surface area contributed by atoms with Crippen LogP contribution in [-0.4, -0.2) is 12.3 Å². The van der Waals surface area contributed by atoms with Crippen LogP contribution in [0.5, 0.6) is 0 Å². The van der Waals surface area contributed by atoms with Gasteiger partial charge in [0.05, 0.1) is 17.3 Å². The molecule has 2 aromatic rings. The summed E-state index contributed by atoms with van der Waals surface area (Å²) in [7, 11) is 0. The first kappa shape index (κ1) is 13.8. The summed E-state index contributed by atoms with van der Waals surface area (Å²) in [4.78, 5) is 15.6. The first-order chi connectivity index (χ1) is 10.7. The summed E-state index contributed by atoms with van der Waals surface area (Å²) in [5.41, 5.74) is 3.85. The smallest absolute Gasteiger partial charge is 0.295 e. The van der Waals surface area contributed by atoms with Gasteiger partial charge >= 0.3 is 0 Å². The highest BCUT2D eigenvalue weighted by molar-refractivity contribution is 5.94. The van der Waals surface area contributed by atoms with E-state index >= 15 is 0 Å². The van der Waals surface area contributed by atoms with Crippen LogP contribution in [-0.2, 0) is 9.53 Å². The fourth-order valence-electron chi connectivity index (χ4n) is 2.22. The molecule has 1 atom stereocenters. The number of fused-ring (bicyclic) bond motifs is 1. The van der Waals surface area contributed by atoms with Gasteiger partial charge in [-0.2, -0.15) is 10.3 Å². The number of aliphatic imine (C=N–C) groups is 1. The van der Waals surface area contributed by atoms with Crippen molar-refractivity contribution in [2.45, 2.75) is 13.0 Å².